The molecule has 8 nitrogen and oxygen atoms in total. The number of rotatable bonds is 6. The molecule has 10 heteroatoms. The Morgan fingerprint density at radius 1 is 1.00 bits per heavy atom. The van der Waals surface area contributed by atoms with Crippen LogP contribution in [0.4, 0.5) is 20.3 Å². The zero-order valence-corrected chi connectivity index (χ0v) is 23.3. The number of likely N-dealkylation sites (tertiary alicyclic amines) is 1. The van der Waals surface area contributed by atoms with E-state index in [0.717, 1.165) is 72.7 Å². The van der Waals surface area contributed by atoms with E-state index in [0.29, 0.717) is 31.0 Å². The van der Waals surface area contributed by atoms with Crippen molar-refractivity contribution in [1.29, 1.82) is 0 Å². The Morgan fingerprint density at radius 3 is 2.61 bits per heavy atom. The van der Waals surface area contributed by atoms with Crippen molar-refractivity contribution in [3.63, 3.8) is 0 Å². The largest absolute Gasteiger partial charge is 0.354 e. The molecular formula is C31H35F2N7O. The zero-order valence-electron chi connectivity index (χ0n) is 23.3. The minimum atomic E-state index is -2.62. The van der Waals surface area contributed by atoms with Crippen LogP contribution in [-0.2, 0) is 17.8 Å². The number of piperazine rings is 1. The molecule has 1 aromatic carbocycles. The summed E-state index contributed by atoms with van der Waals surface area (Å²) >= 11 is 0. The lowest BCUT2D eigenvalue weighted by Gasteiger charge is -2.33. The molecule has 3 aliphatic heterocycles. The van der Waals surface area contributed by atoms with Crippen molar-refractivity contribution >= 4 is 23.1 Å². The van der Waals surface area contributed by atoms with Gasteiger partial charge in [-0.2, -0.15) is 0 Å². The van der Waals surface area contributed by atoms with Crippen molar-refractivity contribution in [2.45, 2.75) is 31.7 Å². The third kappa shape index (κ3) is 6.44. The van der Waals surface area contributed by atoms with E-state index in [1.807, 2.05) is 30.3 Å². The smallest absolute Gasteiger partial charge is 0.274 e. The van der Waals surface area contributed by atoms with Crippen molar-refractivity contribution in [3.8, 4) is 11.1 Å². The Bertz CT molecular complexity index is 1430. The maximum Gasteiger partial charge on any atom is 0.274 e. The molecule has 3 aromatic rings. The van der Waals surface area contributed by atoms with E-state index in [1.54, 1.807) is 23.5 Å². The van der Waals surface area contributed by atoms with E-state index in [2.05, 4.69) is 43.2 Å². The maximum absolute atomic E-state index is 13.7. The highest BCUT2D eigenvalue weighted by atomic mass is 19.3. The molecule has 0 atom stereocenters. The summed E-state index contributed by atoms with van der Waals surface area (Å²) in [5, 5.41) is 2.99. The van der Waals surface area contributed by atoms with Crippen molar-refractivity contribution < 1.29 is 13.6 Å². The monoisotopic (exact) mass is 559 g/mol. The first kappa shape index (κ1) is 27.4. The number of aliphatic imine (C=N–C) groups is 1. The van der Waals surface area contributed by atoms with Gasteiger partial charge in [-0.1, -0.05) is 12.1 Å². The Morgan fingerprint density at radius 2 is 1.85 bits per heavy atom. The number of pyridine rings is 2. The Kier molecular flexibility index (Phi) is 7.77. The number of hydrogen-bond donors (Lipinski definition) is 1. The van der Waals surface area contributed by atoms with Gasteiger partial charge in [-0.3, -0.25) is 19.7 Å². The number of hydrogen-bond acceptors (Lipinski definition) is 7. The summed E-state index contributed by atoms with van der Waals surface area (Å²) in [6.45, 7) is 5.01. The summed E-state index contributed by atoms with van der Waals surface area (Å²) in [6, 6.07) is 11.9. The summed E-state index contributed by atoms with van der Waals surface area (Å²) in [5.74, 6) is -1.98. The number of alkyl halides is 2. The van der Waals surface area contributed by atoms with Gasteiger partial charge in [0.25, 0.3) is 11.8 Å². The van der Waals surface area contributed by atoms with Crippen molar-refractivity contribution in [2.24, 2.45) is 4.99 Å². The number of carbonyl (C=O) groups is 1. The van der Waals surface area contributed by atoms with Crippen LogP contribution in [0.25, 0.3) is 11.1 Å². The van der Waals surface area contributed by atoms with Gasteiger partial charge in [-0.15, -0.1) is 0 Å². The molecule has 0 aliphatic carbocycles. The minimum Gasteiger partial charge on any atom is -0.354 e. The van der Waals surface area contributed by atoms with E-state index >= 15 is 0 Å². The molecule has 214 valence electrons. The molecule has 5 heterocycles. The highest BCUT2D eigenvalue weighted by Crippen LogP contribution is 2.30. The van der Waals surface area contributed by atoms with Crippen LogP contribution in [0.15, 0.2) is 60.0 Å². The van der Waals surface area contributed by atoms with Crippen LogP contribution in [0.2, 0.25) is 0 Å². The third-order valence-electron chi connectivity index (χ3n) is 8.07. The summed E-state index contributed by atoms with van der Waals surface area (Å²) in [4.78, 5) is 33.5. The van der Waals surface area contributed by atoms with Gasteiger partial charge in [0.2, 0.25) is 0 Å². The number of carbonyl (C=O) groups excluding carboxylic acids is 1. The predicted octanol–water partition coefficient (Wildman–Crippen LogP) is 4.11. The number of halogens is 2. The molecular weight excluding hydrogens is 524 g/mol. The fourth-order valence-electron chi connectivity index (χ4n) is 5.74. The fraction of sp³-hybridized carbons (Fsp3) is 0.419. The second-order valence-corrected chi connectivity index (χ2v) is 11.3. The first-order valence-electron chi connectivity index (χ1n) is 14.3. The molecule has 0 spiro atoms. The molecule has 2 fully saturated rings. The van der Waals surface area contributed by atoms with Gasteiger partial charge in [0.1, 0.15) is 11.5 Å². The van der Waals surface area contributed by atoms with E-state index in [1.165, 1.54) is 0 Å². The molecule has 1 amide bonds. The molecule has 0 bridgehead atoms. The second-order valence-electron chi connectivity index (χ2n) is 11.3. The van der Waals surface area contributed by atoms with Crippen molar-refractivity contribution in [1.82, 2.24) is 19.8 Å². The Labute approximate surface area is 239 Å². The Hall–Kier alpha value is -3.76. The number of likely N-dealkylation sites (N-methyl/N-ethyl adjacent to an activating group) is 1. The molecule has 1 N–H and O–H groups in total. The average molecular weight is 560 g/mol. The first-order valence-corrected chi connectivity index (χ1v) is 14.3. The molecule has 0 unspecified atom stereocenters. The number of aromatic nitrogens is 2. The molecule has 6 rings (SSSR count). The highest BCUT2D eigenvalue weighted by molar-refractivity contribution is 6.49. The van der Waals surface area contributed by atoms with Crippen LogP contribution in [0.1, 0.15) is 29.5 Å². The summed E-state index contributed by atoms with van der Waals surface area (Å²) in [6.07, 6.45) is 6.79. The number of aryl methyl sites for hydroxylation is 1. The van der Waals surface area contributed by atoms with Crippen LogP contribution in [0, 0.1) is 0 Å². The van der Waals surface area contributed by atoms with Crippen molar-refractivity contribution in [3.05, 3.63) is 71.7 Å². The maximum atomic E-state index is 13.7. The van der Waals surface area contributed by atoms with Gasteiger partial charge in [0, 0.05) is 75.8 Å². The Balaban J connectivity index is 1.19. The third-order valence-corrected chi connectivity index (χ3v) is 8.07. The average Bonchev–Trinajstić information content (AvgIpc) is 3.17. The highest BCUT2D eigenvalue weighted by Gasteiger charge is 2.38. The molecule has 2 saturated heterocycles. The van der Waals surface area contributed by atoms with Crippen LogP contribution < -0.4 is 10.2 Å². The molecule has 3 aliphatic rings. The number of nitrogens with one attached hydrogen (secondary N) is 1. The molecule has 2 aromatic heterocycles. The summed E-state index contributed by atoms with van der Waals surface area (Å²) in [7, 11) is 2.12. The number of anilines is 2. The number of nitrogens with zero attached hydrogens (tertiary/aromatic N) is 6. The second kappa shape index (κ2) is 11.6. The van der Waals surface area contributed by atoms with Crippen LogP contribution >= 0.6 is 0 Å². The lowest BCUT2D eigenvalue weighted by Crippen LogP contribution is -2.44. The van der Waals surface area contributed by atoms with Gasteiger partial charge in [0.05, 0.1) is 18.4 Å². The van der Waals surface area contributed by atoms with E-state index in [4.69, 9.17) is 0 Å². The number of benzene rings is 1. The van der Waals surface area contributed by atoms with Gasteiger partial charge in [-0.05, 0) is 60.8 Å². The van der Waals surface area contributed by atoms with Gasteiger partial charge >= 0.3 is 0 Å². The van der Waals surface area contributed by atoms with E-state index < -0.39 is 5.92 Å². The van der Waals surface area contributed by atoms with Gasteiger partial charge in [-0.25, -0.2) is 13.8 Å². The van der Waals surface area contributed by atoms with E-state index in [9.17, 15) is 13.6 Å². The summed E-state index contributed by atoms with van der Waals surface area (Å²) in [5.41, 5.74) is 5.59. The zero-order chi connectivity index (χ0) is 28.4. The first-order chi connectivity index (χ1) is 19.8. The van der Waals surface area contributed by atoms with Gasteiger partial charge in [0.15, 0.2) is 0 Å². The molecule has 0 saturated carbocycles. The molecule has 41 heavy (non-hydrogen) atoms. The lowest BCUT2D eigenvalue weighted by atomic mass is 9.94. The van der Waals surface area contributed by atoms with Crippen LogP contribution in [0.3, 0.4) is 0 Å². The normalized spacial score (nSPS) is 19.4. The van der Waals surface area contributed by atoms with Gasteiger partial charge < -0.3 is 15.1 Å². The van der Waals surface area contributed by atoms with Crippen LogP contribution in [0.5, 0.6) is 0 Å². The fourth-order valence-corrected chi connectivity index (χ4v) is 5.74. The topological polar surface area (TPSA) is 77.0 Å². The predicted molar refractivity (Wildman–Crippen MR) is 157 cm³/mol. The summed E-state index contributed by atoms with van der Waals surface area (Å²) < 4.78 is 27.3. The van der Waals surface area contributed by atoms with Crippen LogP contribution in [-0.4, -0.2) is 90.2 Å². The molecule has 0 radical (unpaired) electrons. The van der Waals surface area contributed by atoms with Crippen molar-refractivity contribution in [2.75, 3.05) is 63.1 Å². The quantitative estimate of drug-likeness (QED) is 0.490. The number of fused-ring (bicyclic) bond motifs is 1. The SMILES string of the molecule is CN1CCN(c2ccc(NC(=O)C3=NCCCc4ccc(-c5cncc(CN6CCC(F)(F)C6)c5)cc43)cn2)CC1. The standard InChI is InChI=1S/C31H35F2N7O/c1-38-11-13-40(14-12-38)28-7-6-26(19-36-28)37-30(41)29-27-16-24(5-4-23(27)3-2-9-35-29)25-15-22(17-34-18-25)20-39-10-8-31(32,33)21-39/h4-7,15-19H,2-3,8-14,20-21H2,1H3,(H,37,41). The lowest BCUT2D eigenvalue weighted by molar-refractivity contribution is -0.110. The minimum absolute atomic E-state index is 0.106. The van der Waals surface area contributed by atoms with E-state index in [-0.39, 0.29) is 18.9 Å². The number of amides is 1.